The van der Waals surface area contributed by atoms with Gasteiger partial charge in [-0.05, 0) is 49.6 Å². The maximum atomic E-state index is 15.6. The second-order valence-corrected chi connectivity index (χ2v) is 16.3. The summed E-state index contributed by atoms with van der Waals surface area (Å²) in [5, 5.41) is 15.3. The van der Waals surface area contributed by atoms with Gasteiger partial charge in [0.1, 0.15) is 11.9 Å². The third kappa shape index (κ3) is 9.49. The fourth-order valence-corrected chi connectivity index (χ4v) is 8.27. The first-order chi connectivity index (χ1) is 32.1. The molecule has 1 aliphatic carbocycles. The number of aromatic amines is 1. The van der Waals surface area contributed by atoms with Crippen LogP contribution in [0.25, 0.3) is 16.9 Å². The first-order valence-corrected chi connectivity index (χ1v) is 22.0. The van der Waals surface area contributed by atoms with Crippen molar-refractivity contribution in [2.75, 3.05) is 83.0 Å². The number of ether oxygens (including phenoxy) is 3. The van der Waals surface area contributed by atoms with E-state index < -0.39 is 35.5 Å². The molecule has 20 nitrogen and oxygen atoms in total. The highest BCUT2D eigenvalue weighted by atomic mass is 19.1. The molecule has 2 aromatic carbocycles. The number of imide groups is 2. The molecule has 0 spiro atoms. The lowest BCUT2D eigenvalue weighted by Gasteiger charge is -2.35. The number of hydrogen-bond acceptors (Lipinski definition) is 14. The van der Waals surface area contributed by atoms with Crippen molar-refractivity contribution in [3.05, 3.63) is 89.4 Å². The summed E-state index contributed by atoms with van der Waals surface area (Å²) in [5.74, 6) is -2.52. The summed E-state index contributed by atoms with van der Waals surface area (Å²) < 4.78 is 34.3. The largest absolute Gasteiger partial charge is 0.382 e. The van der Waals surface area contributed by atoms with Crippen LogP contribution in [0.3, 0.4) is 0 Å². The predicted octanol–water partition coefficient (Wildman–Crippen LogP) is 3.12. The normalized spacial score (nSPS) is 17.4. The molecule has 9 rings (SSSR count). The molecule has 344 valence electrons. The summed E-state index contributed by atoms with van der Waals surface area (Å²) in [4.78, 5) is 90.1. The number of hydrogen-bond donors (Lipinski definition) is 4. The fourth-order valence-electron chi connectivity index (χ4n) is 8.27. The monoisotopic (exact) mass is 905 g/mol. The van der Waals surface area contributed by atoms with Crippen LogP contribution in [-0.2, 0) is 28.6 Å². The number of imidazole rings is 1. The number of amides is 6. The number of rotatable bonds is 19. The van der Waals surface area contributed by atoms with E-state index in [4.69, 9.17) is 19.2 Å². The van der Waals surface area contributed by atoms with Crippen LogP contribution in [-0.4, -0.2) is 153 Å². The Kier molecular flexibility index (Phi) is 13.1. The van der Waals surface area contributed by atoms with Crippen molar-refractivity contribution < 1.29 is 47.4 Å². The molecule has 5 aromatic rings. The molecule has 6 heterocycles. The Morgan fingerprint density at radius 1 is 0.848 bits per heavy atom. The Morgan fingerprint density at radius 3 is 2.33 bits per heavy atom. The highest BCUT2D eigenvalue weighted by Crippen LogP contribution is 2.41. The number of piperidine rings is 1. The van der Waals surface area contributed by atoms with Gasteiger partial charge < -0.3 is 34.6 Å². The molecule has 1 unspecified atom stereocenters. The van der Waals surface area contributed by atoms with Crippen molar-refractivity contribution in [1.29, 1.82) is 0 Å². The molecule has 1 atom stereocenters. The van der Waals surface area contributed by atoms with Crippen molar-refractivity contribution in [3.8, 4) is 11.3 Å². The number of halogens is 1. The van der Waals surface area contributed by atoms with Gasteiger partial charge in [-0.3, -0.25) is 48.5 Å². The first-order valence-electron chi connectivity index (χ1n) is 22.0. The Morgan fingerprint density at radius 2 is 1.61 bits per heavy atom. The third-order valence-corrected chi connectivity index (χ3v) is 11.9. The first kappa shape index (κ1) is 44.1. The highest BCUT2D eigenvalue weighted by molar-refractivity contribution is 6.25. The Bertz CT molecular complexity index is 2660. The van der Waals surface area contributed by atoms with Crippen molar-refractivity contribution in [1.82, 2.24) is 44.6 Å². The number of fused-ring (bicyclic) bond motifs is 2. The van der Waals surface area contributed by atoms with Gasteiger partial charge in [0.15, 0.2) is 11.5 Å². The van der Waals surface area contributed by atoms with Crippen LogP contribution in [0.15, 0.2) is 61.2 Å². The maximum Gasteiger partial charge on any atom is 0.264 e. The summed E-state index contributed by atoms with van der Waals surface area (Å²) in [7, 11) is 0. The van der Waals surface area contributed by atoms with Crippen LogP contribution in [0.1, 0.15) is 74.8 Å². The summed E-state index contributed by atoms with van der Waals surface area (Å²) in [6.07, 6.45) is 9.56. The number of H-pyrrole nitrogens is 1. The quantitative estimate of drug-likeness (QED) is 0.0689. The molecule has 4 N–H and O–H groups in total. The Hall–Kier alpha value is -7.10. The number of nitrogens with zero attached hydrogens (tertiary/aromatic N) is 7. The van der Waals surface area contributed by atoms with Gasteiger partial charge in [0.2, 0.25) is 17.7 Å². The number of anilines is 3. The van der Waals surface area contributed by atoms with E-state index >= 15 is 4.39 Å². The minimum atomic E-state index is -1.04. The summed E-state index contributed by atoms with van der Waals surface area (Å²) in [5.41, 5.74) is 4.30. The van der Waals surface area contributed by atoms with Gasteiger partial charge in [-0.1, -0.05) is 6.07 Å². The van der Waals surface area contributed by atoms with Gasteiger partial charge in [-0.2, -0.15) is 5.10 Å². The van der Waals surface area contributed by atoms with E-state index in [2.05, 4.69) is 31.1 Å². The minimum Gasteiger partial charge on any atom is -0.382 e. The van der Waals surface area contributed by atoms with Crippen molar-refractivity contribution in [2.45, 2.75) is 44.1 Å². The van der Waals surface area contributed by atoms with Crippen LogP contribution >= 0.6 is 0 Å². The van der Waals surface area contributed by atoms with Gasteiger partial charge in [0.05, 0.1) is 86.7 Å². The summed E-state index contributed by atoms with van der Waals surface area (Å²) >= 11 is 0. The zero-order chi connectivity index (χ0) is 45.7. The molecule has 1 saturated carbocycles. The summed E-state index contributed by atoms with van der Waals surface area (Å²) in [6, 6.07) is 8.14. The highest BCUT2D eigenvalue weighted by Gasteiger charge is 2.45. The van der Waals surface area contributed by atoms with Gasteiger partial charge in [-0.25, -0.2) is 14.4 Å². The van der Waals surface area contributed by atoms with E-state index in [1.807, 2.05) is 10.6 Å². The number of piperazine rings is 1. The molecule has 21 heteroatoms. The molecule has 0 radical (unpaired) electrons. The van der Waals surface area contributed by atoms with Crippen LogP contribution < -0.4 is 16.0 Å². The van der Waals surface area contributed by atoms with Crippen LogP contribution in [0.5, 0.6) is 0 Å². The number of nitrogens with one attached hydrogen (secondary N) is 4. The van der Waals surface area contributed by atoms with E-state index in [-0.39, 0.29) is 73.3 Å². The molecule has 66 heavy (non-hydrogen) atoms. The second-order valence-electron chi connectivity index (χ2n) is 16.3. The van der Waals surface area contributed by atoms with Crippen LogP contribution in [0, 0.1) is 5.82 Å². The lowest BCUT2D eigenvalue weighted by molar-refractivity contribution is -0.136. The molecular weight excluding hydrogens is 858 g/mol. The minimum absolute atomic E-state index is 0.0441. The van der Waals surface area contributed by atoms with E-state index in [1.54, 1.807) is 46.6 Å². The Balaban J connectivity index is 0.641. The molecule has 3 aliphatic heterocycles. The molecule has 4 aliphatic rings. The summed E-state index contributed by atoms with van der Waals surface area (Å²) in [6.45, 7) is 3.37. The topological polar surface area (TPSA) is 235 Å². The zero-order valence-corrected chi connectivity index (χ0v) is 35.9. The molecule has 3 fully saturated rings. The SMILES string of the molecule is O=C1CCC(N2C(=O)c3cccc(NCCOCCOCCOCCC(=O)N4CCN(C(=O)c5ccc(Nc6nc(C7CC7)cn7c(-c8cn[nH]c8)cnc67)c(F)c5)CC4)c3C2=O)C(=O)N1. The zero-order valence-electron chi connectivity index (χ0n) is 35.9. The number of benzene rings is 2. The van der Waals surface area contributed by atoms with E-state index in [9.17, 15) is 28.8 Å². The van der Waals surface area contributed by atoms with Gasteiger partial charge >= 0.3 is 0 Å². The van der Waals surface area contributed by atoms with Gasteiger partial charge in [0.25, 0.3) is 17.7 Å². The molecule has 3 aromatic heterocycles. The number of aromatic nitrogens is 5. The van der Waals surface area contributed by atoms with Crippen LogP contribution in [0.4, 0.5) is 21.6 Å². The van der Waals surface area contributed by atoms with Crippen molar-refractivity contribution in [3.63, 3.8) is 0 Å². The van der Waals surface area contributed by atoms with Gasteiger partial charge in [0, 0.05) is 74.3 Å². The molecule has 6 amide bonds. The van der Waals surface area contributed by atoms with E-state index in [0.717, 1.165) is 34.7 Å². The number of carbonyl (C=O) groups excluding carboxylic acids is 6. The lowest BCUT2D eigenvalue weighted by Crippen LogP contribution is -2.54. The third-order valence-electron chi connectivity index (χ3n) is 11.9. The standard InChI is InChI=1S/C45H48FN11O9/c46-31-22-28(6-7-32(31)51-40-41-48-25-36(29-23-49-50-24-29)56(41)26-34(52-40)27-4-5-27)43(61)55-14-12-54(13-15-55)38(59)10-16-64-18-20-66-21-19-65-17-11-47-33-3-1-2-30-39(33)45(63)57(44(30)62)35-8-9-37(58)53-42(35)60/h1-3,6-7,22-27,35,47H,4-5,8-21H2,(H,49,50)(H,51,52)(H,53,58,60). The average Bonchev–Trinajstić information content (AvgIpc) is 3.75. The molecule has 0 bridgehead atoms. The lowest BCUT2D eigenvalue weighted by atomic mass is 10.0. The second kappa shape index (κ2) is 19.6. The van der Waals surface area contributed by atoms with Crippen molar-refractivity contribution in [2.24, 2.45) is 0 Å². The average molecular weight is 906 g/mol. The van der Waals surface area contributed by atoms with Crippen molar-refractivity contribution >= 4 is 58.3 Å². The maximum absolute atomic E-state index is 15.6. The Labute approximate surface area is 377 Å². The van der Waals surface area contributed by atoms with E-state index in [1.165, 1.54) is 18.2 Å². The van der Waals surface area contributed by atoms with Gasteiger partial charge in [-0.15, -0.1) is 0 Å². The molecular formula is C45H48FN11O9. The van der Waals surface area contributed by atoms with Crippen LogP contribution in [0.2, 0.25) is 0 Å². The van der Waals surface area contributed by atoms with E-state index in [0.29, 0.717) is 75.6 Å². The smallest absolute Gasteiger partial charge is 0.264 e. The molecule has 2 saturated heterocycles. The fraction of sp³-hybridized carbons (Fsp3) is 0.400. The predicted molar refractivity (Wildman–Crippen MR) is 233 cm³/mol. The number of carbonyl (C=O) groups is 6.